The fourth-order valence-corrected chi connectivity index (χ4v) is 3.67. The first kappa shape index (κ1) is 23.7. The Kier molecular flexibility index (Phi) is 7.71. The zero-order valence-electron chi connectivity index (χ0n) is 18.9. The Morgan fingerprint density at radius 1 is 1.09 bits per heavy atom. The average molecular weight is 472 g/mol. The van der Waals surface area contributed by atoms with Gasteiger partial charge in [0.05, 0.1) is 25.5 Å². The zero-order valence-corrected chi connectivity index (χ0v) is 18.9. The largest absolute Gasteiger partial charge is 0.492 e. The third-order valence-corrected chi connectivity index (χ3v) is 5.50. The average Bonchev–Trinajstić information content (AvgIpc) is 3.27. The molecule has 1 fully saturated rings. The molecule has 10 heteroatoms. The summed E-state index contributed by atoms with van der Waals surface area (Å²) >= 11 is 0. The molecule has 34 heavy (non-hydrogen) atoms. The lowest BCUT2D eigenvalue weighted by molar-refractivity contribution is -0.114. The van der Waals surface area contributed by atoms with Gasteiger partial charge in [-0.05, 0) is 36.4 Å². The molecule has 0 atom stereocenters. The van der Waals surface area contributed by atoms with Crippen LogP contribution in [0.25, 0.3) is 11.3 Å². The number of amides is 1. The SMILES string of the molecule is Cn1nccc1-c1cc(NC(=O)CNc2ccc(F)c(F)c2)ccc1OCCN1CCOCC1. The number of morpholine rings is 1. The number of hydrogen-bond donors (Lipinski definition) is 2. The molecule has 1 amide bonds. The molecule has 0 aliphatic carbocycles. The first-order valence-electron chi connectivity index (χ1n) is 11.0. The highest BCUT2D eigenvalue weighted by Gasteiger charge is 2.15. The lowest BCUT2D eigenvalue weighted by Gasteiger charge is -2.26. The van der Waals surface area contributed by atoms with E-state index < -0.39 is 11.6 Å². The van der Waals surface area contributed by atoms with Crippen molar-refractivity contribution in [2.24, 2.45) is 7.05 Å². The van der Waals surface area contributed by atoms with E-state index >= 15 is 0 Å². The van der Waals surface area contributed by atoms with Gasteiger partial charge in [-0.15, -0.1) is 0 Å². The first-order chi connectivity index (χ1) is 16.5. The second-order valence-corrected chi connectivity index (χ2v) is 7.88. The summed E-state index contributed by atoms with van der Waals surface area (Å²) in [6.07, 6.45) is 1.70. The molecule has 3 aromatic rings. The molecule has 0 spiro atoms. The van der Waals surface area contributed by atoms with Gasteiger partial charge in [-0.25, -0.2) is 8.78 Å². The Bertz CT molecular complexity index is 1130. The maximum atomic E-state index is 13.4. The number of hydrogen-bond acceptors (Lipinski definition) is 6. The van der Waals surface area contributed by atoms with Crippen LogP contribution >= 0.6 is 0 Å². The van der Waals surface area contributed by atoms with Crippen LogP contribution in [0, 0.1) is 11.6 Å². The summed E-state index contributed by atoms with van der Waals surface area (Å²) in [5.41, 5.74) is 2.54. The molecule has 2 aromatic carbocycles. The Hall–Kier alpha value is -3.50. The van der Waals surface area contributed by atoms with Crippen molar-refractivity contribution in [2.45, 2.75) is 0 Å². The van der Waals surface area contributed by atoms with E-state index in [0.717, 1.165) is 56.2 Å². The van der Waals surface area contributed by atoms with Gasteiger partial charge in [-0.2, -0.15) is 5.10 Å². The lowest BCUT2D eigenvalue weighted by Crippen LogP contribution is -2.38. The van der Waals surface area contributed by atoms with Crippen molar-refractivity contribution in [3.8, 4) is 17.0 Å². The third kappa shape index (κ3) is 6.09. The van der Waals surface area contributed by atoms with Crippen molar-refractivity contribution in [3.05, 3.63) is 60.3 Å². The van der Waals surface area contributed by atoms with Gasteiger partial charge < -0.3 is 20.1 Å². The van der Waals surface area contributed by atoms with Crippen LogP contribution in [0.3, 0.4) is 0 Å². The van der Waals surface area contributed by atoms with E-state index in [9.17, 15) is 13.6 Å². The second-order valence-electron chi connectivity index (χ2n) is 7.88. The van der Waals surface area contributed by atoms with E-state index in [1.165, 1.54) is 6.07 Å². The minimum Gasteiger partial charge on any atom is -0.492 e. The summed E-state index contributed by atoms with van der Waals surface area (Å²) < 4.78 is 39.6. The van der Waals surface area contributed by atoms with Crippen LogP contribution in [0.2, 0.25) is 0 Å². The van der Waals surface area contributed by atoms with Crippen molar-refractivity contribution in [3.63, 3.8) is 0 Å². The fourth-order valence-electron chi connectivity index (χ4n) is 3.67. The van der Waals surface area contributed by atoms with Gasteiger partial charge in [0.2, 0.25) is 5.91 Å². The van der Waals surface area contributed by atoms with Gasteiger partial charge in [0.1, 0.15) is 12.4 Å². The topological polar surface area (TPSA) is 80.7 Å². The van der Waals surface area contributed by atoms with E-state index in [1.54, 1.807) is 16.9 Å². The van der Waals surface area contributed by atoms with E-state index in [1.807, 2.05) is 25.2 Å². The zero-order chi connectivity index (χ0) is 23.9. The van der Waals surface area contributed by atoms with Gasteiger partial charge >= 0.3 is 0 Å². The second kappa shape index (κ2) is 11.1. The Balaban J connectivity index is 1.41. The number of carbonyl (C=O) groups is 1. The standard InChI is InChI=1S/C24H27F2N5O3/c1-30-22(6-7-28-30)19-14-18(3-5-23(19)34-13-10-31-8-11-33-12-9-31)29-24(32)16-27-17-2-4-20(25)21(26)15-17/h2-7,14-15,27H,8-13,16H2,1H3,(H,29,32). The molecule has 2 heterocycles. The van der Waals surface area contributed by atoms with Crippen LogP contribution < -0.4 is 15.4 Å². The molecule has 1 aliphatic heterocycles. The van der Waals surface area contributed by atoms with E-state index in [4.69, 9.17) is 9.47 Å². The predicted octanol–water partition coefficient (Wildman–Crippen LogP) is 3.13. The van der Waals surface area contributed by atoms with Crippen LogP contribution in [0.4, 0.5) is 20.2 Å². The monoisotopic (exact) mass is 471 g/mol. The molecule has 0 radical (unpaired) electrons. The highest BCUT2D eigenvalue weighted by Crippen LogP contribution is 2.32. The molecule has 180 valence electrons. The molecule has 1 aromatic heterocycles. The molecule has 8 nitrogen and oxygen atoms in total. The summed E-state index contributed by atoms with van der Waals surface area (Å²) in [6, 6.07) is 10.7. The van der Waals surface area contributed by atoms with Crippen LogP contribution in [-0.2, 0) is 16.6 Å². The van der Waals surface area contributed by atoms with Crippen LogP contribution in [-0.4, -0.2) is 66.6 Å². The number of carbonyl (C=O) groups excluding carboxylic acids is 1. The number of halogens is 2. The molecular formula is C24H27F2N5O3. The lowest BCUT2D eigenvalue weighted by atomic mass is 10.1. The van der Waals surface area contributed by atoms with Crippen LogP contribution in [0.5, 0.6) is 5.75 Å². The number of rotatable bonds is 9. The Labute approximate surface area is 196 Å². The number of ether oxygens (including phenoxy) is 2. The number of nitrogens with zero attached hydrogens (tertiary/aromatic N) is 3. The Morgan fingerprint density at radius 3 is 2.62 bits per heavy atom. The molecule has 0 bridgehead atoms. The molecule has 2 N–H and O–H groups in total. The van der Waals surface area contributed by atoms with Gasteiger partial charge in [-0.3, -0.25) is 14.4 Å². The normalized spacial score (nSPS) is 14.1. The number of aromatic nitrogens is 2. The van der Waals surface area contributed by atoms with E-state index in [0.29, 0.717) is 23.7 Å². The van der Waals surface area contributed by atoms with E-state index in [2.05, 4.69) is 20.6 Å². The number of benzene rings is 2. The quantitative estimate of drug-likeness (QED) is 0.499. The highest BCUT2D eigenvalue weighted by molar-refractivity contribution is 5.94. The molecule has 1 aliphatic rings. The maximum Gasteiger partial charge on any atom is 0.243 e. The van der Waals surface area contributed by atoms with Gasteiger partial charge in [0, 0.05) is 55.9 Å². The van der Waals surface area contributed by atoms with E-state index in [-0.39, 0.29) is 12.5 Å². The molecule has 4 rings (SSSR count). The summed E-state index contributed by atoms with van der Waals surface area (Å²) in [7, 11) is 1.84. The summed E-state index contributed by atoms with van der Waals surface area (Å²) in [5.74, 6) is -1.56. The predicted molar refractivity (Wildman–Crippen MR) is 125 cm³/mol. The molecule has 0 unspecified atom stereocenters. The van der Waals surface area contributed by atoms with Crippen molar-refractivity contribution in [1.29, 1.82) is 0 Å². The maximum absolute atomic E-state index is 13.4. The highest BCUT2D eigenvalue weighted by atomic mass is 19.2. The minimum atomic E-state index is -0.976. The molecule has 1 saturated heterocycles. The minimum absolute atomic E-state index is 0.107. The summed E-state index contributed by atoms with van der Waals surface area (Å²) in [5, 5.41) is 9.84. The van der Waals surface area contributed by atoms with Crippen LogP contribution in [0.1, 0.15) is 0 Å². The van der Waals surface area contributed by atoms with Crippen molar-refractivity contribution in [1.82, 2.24) is 14.7 Å². The number of anilines is 2. The number of aryl methyl sites for hydroxylation is 1. The third-order valence-electron chi connectivity index (χ3n) is 5.50. The first-order valence-corrected chi connectivity index (χ1v) is 11.0. The summed E-state index contributed by atoms with van der Waals surface area (Å²) in [4.78, 5) is 14.7. The van der Waals surface area contributed by atoms with Crippen molar-refractivity contribution < 1.29 is 23.0 Å². The smallest absolute Gasteiger partial charge is 0.243 e. The van der Waals surface area contributed by atoms with Crippen molar-refractivity contribution in [2.75, 3.05) is 56.6 Å². The molecular weight excluding hydrogens is 444 g/mol. The van der Waals surface area contributed by atoms with Gasteiger partial charge in [-0.1, -0.05) is 0 Å². The fraction of sp³-hybridized carbons (Fsp3) is 0.333. The molecule has 0 saturated carbocycles. The van der Waals surface area contributed by atoms with Gasteiger partial charge in [0.25, 0.3) is 0 Å². The Morgan fingerprint density at radius 2 is 1.88 bits per heavy atom. The van der Waals surface area contributed by atoms with Gasteiger partial charge in [0.15, 0.2) is 11.6 Å². The summed E-state index contributed by atoms with van der Waals surface area (Å²) in [6.45, 7) is 4.46. The van der Waals surface area contributed by atoms with Crippen LogP contribution in [0.15, 0.2) is 48.7 Å². The van der Waals surface area contributed by atoms with Crippen molar-refractivity contribution >= 4 is 17.3 Å². The number of nitrogens with one attached hydrogen (secondary N) is 2.